The molecule has 1 aromatic carbocycles. The molecular weight excluding hydrogens is 220 g/mol. The zero-order valence-electron chi connectivity index (χ0n) is 9.14. The van der Waals surface area contributed by atoms with Crippen molar-refractivity contribution >= 4 is 11.7 Å². The molecule has 0 bridgehead atoms. The topological polar surface area (TPSA) is 82.3 Å². The van der Waals surface area contributed by atoms with Gasteiger partial charge in [0.1, 0.15) is 12.4 Å². The summed E-state index contributed by atoms with van der Waals surface area (Å²) in [6, 6.07) is 6.93. The lowest BCUT2D eigenvalue weighted by atomic mass is 10.1. The number of nitrogens with one attached hydrogen (secondary N) is 1. The number of carbonyl (C=O) groups is 1. The van der Waals surface area contributed by atoms with Crippen molar-refractivity contribution in [2.75, 3.05) is 11.9 Å². The van der Waals surface area contributed by atoms with E-state index in [0.717, 1.165) is 12.1 Å². The van der Waals surface area contributed by atoms with Gasteiger partial charge in [0.2, 0.25) is 0 Å². The Morgan fingerprint density at radius 1 is 1.65 bits per heavy atom. The van der Waals surface area contributed by atoms with Crippen LogP contribution in [0.5, 0.6) is 5.75 Å². The molecule has 1 aliphatic rings. The monoisotopic (exact) mass is 232 g/mol. The van der Waals surface area contributed by atoms with Gasteiger partial charge in [0.25, 0.3) is 0 Å². The molecule has 1 atom stereocenters. The normalized spacial score (nSPS) is 17.2. The Labute approximate surface area is 98.6 Å². The second-order valence-corrected chi connectivity index (χ2v) is 3.87. The maximum absolute atomic E-state index is 10.8. The molecule has 1 unspecified atom stereocenters. The van der Waals surface area contributed by atoms with Gasteiger partial charge in [0.15, 0.2) is 0 Å². The van der Waals surface area contributed by atoms with Gasteiger partial charge in [0, 0.05) is 6.42 Å². The highest BCUT2D eigenvalue weighted by Gasteiger charge is 2.19. The van der Waals surface area contributed by atoms with E-state index in [2.05, 4.69) is 11.4 Å². The van der Waals surface area contributed by atoms with Crippen LogP contribution in [0.3, 0.4) is 0 Å². The van der Waals surface area contributed by atoms with Crippen LogP contribution in [0.15, 0.2) is 18.2 Å². The number of carboxylic acids is 1. The molecule has 5 nitrogen and oxygen atoms in total. The summed E-state index contributed by atoms with van der Waals surface area (Å²) >= 11 is 0. The van der Waals surface area contributed by atoms with Gasteiger partial charge < -0.3 is 15.2 Å². The highest BCUT2D eigenvalue weighted by molar-refractivity contribution is 5.89. The van der Waals surface area contributed by atoms with E-state index in [0.29, 0.717) is 18.8 Å². The molecule has 0 radical (unpaired) electrons. The average molecular weight is 232 g/mol. The van der Waals surface area contributed by atoms with Crippen LogP contribution in [0.2, 0.25) is 0 Å². The van der Waals surface area contributed by atoms with E-state index >= 15 is 0 Å². The zero-order valence-corrected chi connectivity index (χ0v) is 9.14. The molecule has 0 saturated carbocycles. The highest BCUT2D eigenvalue weighted by atomic mass is 16.5. The summed E-state index contributed by atoms with van der Waals surface area (Å²) in [5.74, 6) is -0.416. The van der Waals surface area contributed by atoms with E-state index in [1.54, 1.807) is 6.07 Å². The quantitative estimate of drug-likeness (QED) is 0.831. The molecule has 0 saturated heterocycles. The first-order valence-electron chi connectivity index (χ1n) is 5.34. The zero-order chi connectivity index (χ0) is 12.3. The van der Waals surface area contributed by atoms with Crippen LogP contribution >= 0.6 is 0 Å². The maximum Gasteiger partial charge on any atom is 0.335 e. The number of nitrogens with zero attached hydrogens (tertiary/aromatic N) is 1. The fourth-order valence-corrected chi connectivity index (χ4v) is 1.74. The van der Waals surface area contributed by atoms with Crippen molar-refractivity contribution in [1.82, 2.24) is 0 Å². The predicted molar refractivity (Wildman–Crippen MR) is 61.2 cm³/mol. The van der Waals surface area contributed by atoms with Crippen molar-refractivity contribution in [1.29, 1.82) is 5.26 Å². The second-order valence-electron chi connectivity index (χ2n) is 3.87. The largest absolute Gasteiger partial charge is 0.489 e. The number of aromatic carboxylic acids is 1. The molecule has 1 aromatic rings. The minimum Gasteiger partial charge on any atom is -0.489 e. The lowest BCUT2D eigenvalue weighted by molar-refractivity contribution is 0.0696. The van der Waals surface area contributed by atoms with E-state index in [1.165, 1.54) is 12.1 Å². The van der Waals surface area contributed by atoms with Crippen molar-refractivity contribution in [2.45, 2.75) is 18.9 Å². The van der Waals surface area contributed by atoms with Gasteiger partial charge >= 0.3 is 5.97 Å². The lowest BCUT2D eigenvalue weighted by Gasteiger charge is -2.27. The first kappa shape index (κ1) is 11.3. The number of anilines is 1. The molecule has 0 fully saturated rings. The van der Waals surface area contributed by atoms with Gasteiger partial charge in [0.05, 0.1) is 23.4 Å². The third-order valence-electron chi connectivity index (χ3n) is 2.63. The molecule has 0 spiro atoms. The number of carboxylic acid groups (broad SMARTS) is 1. The third kappa shape index (κ3) is 2.48. The molecule has 88 valence electrons. The summed E-state index contributed by atoms with van der Waals surface area (Å²) in [5.41, 5.74) is 0.991. The van der Waals surface area contributed by atoms with Crippen LogP contribution in [-0.2, 0) is 0 Å². The van der Waals surface area contributed by atoms with E-state index in [4.69, 9.17) is 15.1 Å². The molecule has 0 aliphatic carbocycles. The summed E-state index contributed by atoms with van der Waals surface area (Å²) < 4.78 is 5.49. The van der Waals surface area contributed by atoms with Gasteiger partial charge in [-0.3, -0.25) is 0 Å². The van der Waals surface area contributed by atoms with Crippen LogP contribution < -0.4 is 10.1 Å². The molecular formula is C12H12N2O3. The van der Waals surface area contributed by atoms with E-state index in [9.17, 15) is 4.79 Å². The van der Waals surface area contributed by atoms with Crippen molar-refractivity contribution < 1.29 is 14.6 Å². The van der Waals surface area contributed by atoms with Crippen LogP contribution in [0, 0.1) is 11.3 Å². The first-order valence-corrected chi connectivity index (χ1v) is 5.34. The summed E-state index contributed by atoms with van der Waals surface area (Å²) in [5, 5.41) is 20.6. The number of hydrogen-bond donors (Lipinski definition) is 2. The van der Waals surface area contributed by atoms with Crippen LogP contribution in [-0.4, -0.2) is 23.7 Å². The Balaban J connectivity index is 2.12. The molecule has 17 heavy (non-hydrogen) atoms. The Morgan fingerprint density at radius 3 is 3.18 bits per heavy atom. The average Bonchev–Trinajstić information content (AvgIpc) is 2.35. The molecule has 1 aliphatic heterocycles. The van der Waals surface area contributed by atoms with Gasteiger partial charge in [-0.15, -0.1) is 0 Å². The summed E-state index contributed by atoms with van der Waals surface area (Å²) in [4.78, 5) is 10.8. The molecule has 0 amide bonds. The molecule has 0 aromatic heterocycles. The second kappa shape index (κ2) is 4.74. The Bertz CT molecular complexity index is 479. The van der Waals surface area contributed by atoms with E-state index < -0.39 is 5.97 Å². The standard InChI is InChI=1S/C12H12N2O3/c13-5-1-2-9-7-17-11-6-8(12(15)16)3-4-10(11)14-9/h3-4,6,9,14H,1-2,7H2,(H,15,16). The van der Waals surface area contributed by atoms with Crippen molar-refractivity contribution in [3.8, 4) is 11.8 Å². The van der Waals surface area contributed by atoms with E-state index in [1.807, 2.05) is 0 Å². The minimum absolute atomic E-state index is 0.109. The van der Waals surface area contributed by atoms with Crippen molar-refractivity contribution in [2.24, 2.45) is 0 Å². The number of rotatable bonds is 3. The number of fused-ring (bicyclic) bond motifs is 1. The Hall–Kier alpha value is -2.22. The smallest absolute Gasteiger partial charge is 0.335 e. The van der Waals surface area contributed by atoms with Crippen LogP contribution in [0.4, 0.5) is 5.69 Å². The van der Waals surface area contributed by atoms with Gasteiger partial charge in [-0.05, 0) is 24.6 Å². The van der Waals surface area contributed by atoms with Gasteiger partial charge in [-0.1, -0.05) is 0 Å². The van der Waals surface area contributed by atoms with Crippen LogP contribution in [0.1, 0.15) is 23.2 Å². The first-order chi connectivity index (χ1) is 8.20. The minimum atomic E-state index is -0.969. The Morgan fingerprint density at radius 2 is 2.47 bits per heavy atom. The lowest BCUT2D eigenvalue weighted by Crippen LogP contribution is -2.31. The molecule has 2 N–H and O–H groups in total. The number of hydrogen-bond acceptors (Lipinski definition) is 4. The summed E-state index contributed by atoms with van der Waals surface area (Å²) in [6.07, 6.45) is 1.19. The molecule has 5 heteroatoms. The van der Waals surface area contributed by atoms with Crippen molar-refractivity contribution in [3.63, 3.8) is 0 Å². The maximum atomic E-state index is 10.8. The van der Waals surface area contributed by atoms with E-state index in [-0.39, 0.29) is 11.6 Å². The molecule has 2 rings (SSSR count). The van der Waals surface area contributed by atoms with Crippen molar-refractivity contribution in [3.05, 3.63) is 23.8 Å². The van der Waals surface area contributed by atoms with Crippen LogP contribution in [0.25, 0.3) is 0 Å². The fraction of sp³-hybridized carbons (Fsp3) is 0.333. The summed E-state index contributed by atoms with van der Waals surface area (Å²) in [6.45, 7) is 0.456. The number of nitriles is 1. The predicted octanol–water partition coefficient (Wildman–Crippen LogP) is 1.86. The Kier molecular flexibility index (Phi) is 3.15. The van der Waals surface area contributed by atoms with Gasteiger partial charge in [-0.2, -0.15) is 5.26 Å². The third-order valence-corrected chi connectivity index (χ3v) is 2.63. The van der Waals surface area contributed by atoms with Gasteiger partial charge in [-0.25, -0.2) is 4.79 Å². The number of ether oxygens (including phenoxy) is 1. The highest BCUT2D eigenvalue weighted by Crippen LogP contribution is 2.30. The fourth-order valence-electron chi connectivity index (χ4n) is 1.74. The summed E-state index contributed by atoms with van der Waals surface area (Å²) in [7, 11) is 0. The number of benzene rings is 1. The SMILES string of the molecule is N#CCCC1COc2cc(C(=O)O)ccc2N1. The molecule has 1 heterocycles.